The quantitative estimate of drug-likeness (QED) is 0.110. The summed E-state index contributed by atoms with van der Waals surface area (Å²) in [6.45, 7) is -0.419. The number of methoxy groups -OCH3 is 1. The number of fused-ring (bicyclic) bond motifs is 3. The minimum Gasteiger partial charge on any atom is -0.496 e. The molecule has 0 radical (unpaired) electrons. The Morgan fingerprint density at radius 2 is 1.67 bits per heavy atom. The van der Waals surface area contributed by atoms with Crippen LogP contribution in [0.15, 0.2) is 84.0 Å². The number of aromatic amines is 1. The zero-order valence-electron chi connectivity index (χ0n) is 31.4. The van der Waals surface area contributed by atoms with Crippen molar-refractivity contribution in [1.29, 1.82) is 0 Å². The molecular formula is C41H42Cl2F2N3O9S+. The Bertz CT molecular complexity index is 2220. The highest BCUT2D eigenvalue weighted by atomic mass is 35.5. The number of halogens is 4. The number of sulfonamides is 1. The molecule has 1 unspecified atom stereocenters. The van der Waals surface area contributed by atoms with Gasteiger partial charge in [0.15, 0.2) is 23.9 Å². The minimum atomic E-state index is -4.51. The molecule has 3 atom stereocenters. The summed E-state index contributed by atoms with van der Waals surface area (Å²) in [7, 11) is -3.09. The fraction of sp³-hybridized carbons (Fsp3) is 0.390. The summed E-state index contributed by atoms with van der Waals surface area (Å²) in [6, 6.07) is 14.4. The third-order valence-corrected chi connectivity index (χ3v) is 12.7. The van der Waals surface area contributed by atoms with E-state index in [0.29, 0.717) is 17.7 Å². The number of nitrogens with one attached hydrogen (secondary N) is 2. The monoisotopic (exact) mass is 860 g/mol. The molecule has 4 heterocycles. The van der Waals surface area contributed by atoms with E-state index in [1.54, 1.807) is 24.3 Å². The molecule has 2 N–H and O–H groups in total. The summed E-state index contributed by atoms with van der Waals surface area (Å²) < 4.78 is 85.4. The smallest absolute Gasteiger partial charge is 0.387 e. The van der Waals surface area contributed by atoms with Crippen LogP contribution in [0.3, 0.4) is 0 Å². The van der Waals surface area contributed by atoms with Crippen LogP contribution in [0.5, 0.6) is 17.2 Å². The van der Waals surface area contributed by atoms with Gasteiger partial charge in [0.1, 0.15) is 34.0 Å². The van der Waals surface area contributed by atoms with E-state index in [9.17, 15) is 26.8 Å². The number of hydrogen-bond acceptors (Lipinski definition) is 10. The lowest BCUT2D eigenvalue weighted by Crippen LogP contribution is -2.52. The van der Waals surface area contributed by atoms with Gasteiger partial charge in [0.25, 0.3) is 0 Å². The predicted octanol–water partition coefficient (Wildman–Crippen LogP) is 7.00. The standard InChI is InChI=1S/C41H41Cl2F2N3O9S/c1-53-33-8-3-2-7-29(33)38(40(50)56-37-22-48-15-13-25(37)14-16-48)47-58(51,52)28-6-4-5-27(17-28)39(49)55-35(19-30-31(42)20-46-21-32(30)43)26-11-12-34(57-41(44)45)36(18-26)54-23-24-9-10-24/h2-8,11-12,17-18,20-21,24-25,35,37-38,41,47H,9-10,13-16,19,22-23H2,1H3/p+1/t35-,37-,38?/m0/s1. The number of carbonyl (C=O) groups is 2. The third kappa shape index (κ3) is 10.0. The summed E-state index contributed by atoms with van der Waals surface area (Å²) in [4.78, 5) is 32.6. The first-order valence-corrected chi connectivity index (χ1v) is 21.1. The topological polar surface area (TPSA) is 144 Å². The van der Waals surface area contributed by atoms with Crippen molar-refractivity contribution >= 4 is 45.2 Å². The van der Waals surface area contributed by atoms with Crippen molar-refractivity contribution in [2.45, 2.75) is 61.9 Å². The molecule has 58 heavy (non-hydrogen) atoms. The number of para-hydroxylation sites is 1. The summed E-state index contributed by atoms with van der Waals surface area (Å²) in [6.07, 6.45) is 5.07. The summed E-state index contributed by atoms with van der Waals surface area (Å²) in [5.41, 5.74) is 0.867. The van der Waals surface area contributed by atoms with Gasteiger partial charge in [-0.25, -0.2) is 23.0 Å². The van der Waals surface area contributed by atoms with Crippen molar-refractivity contribution < 1.29 is 55.5 Å². The molecule has 0 spiro atoms. The molecule has 1 saturated carbocycles. The number of ether oxygens (including phenoxy) is 5. The largest absolute Gasteiger partial charge is 0.496 e. The van der Waals surface area contributed by atoms with Crippen LogP contribution in [0.25, 0.3) is 0 Å². The highest BCUT2D eigenvalue weighted by Gasteiger charge is 2.39. The minimum absolute atomic E-state index is 0.0279. The Morgan fingerprint density at radius 3 is 2.34 bits per heavy atom. The summed E-state index contributed by atoms with van der Waals surface area (Å²) in [5.74, 6) is -1.14. The molecule has 17 heteroatoms. The van der Waals surface area contributed by atoms with Gasteiger partial charge < -0.3 is 23.7 Å². The normalized spacial score (nSPS) is 19.9. The van der Waals surface area contributed by atoms with Crippen LogP contribution in [0.2, 0.25) is 10.0 Å². The van der Waals surface area contributed by atoms with Crippen LogP contribution < -0.4 is 23.9 Å². The summed E-state index contributed by atoms with van der Waals surface area (Å²) >= 11 is 13.0. The van der Waals surface area contributed by atoms with E-state index >= 15 is 0 Å². The highest BCUT2D eigenvalue weighted by molar-refractivity contribution is 7.89. The maximum absolute atomic E-state index is 14.1. The number of benzene rings is 3. The van der Waals surface area contributed by atoms with Gasteiger partial charge in [-0.2, -0.15) is 13.5 Å². The number of hydrogen-bond donors (Lipinski definition) is 1. The Hall–Kier alpha value is -4.54. The lowest BCUT2D eigenvalue weighted by atomic mass is 9.86. The van der Waals surface area contributed by atoms with Gasteiger partial charge in [0, 0.05) is 24.1 Å². The maximum atomic E-state index is 14.1. The fourth-order valence-electron chi connectivity index (χ4n) is 7.22. The van der Waals surface area contributed by atoms with Crippen molar-refractivity contribution in [1.82, 2.24) is 9.62 Å². The number of nitrogens with zero attached hydrogens (tertiary/aromatic N) is 1. The molecule has 3 saturated heterocycles. The number of carbonyl (C=O) groups excluding carboxylic acids is 2. The van der Waals surface area contributed by atoms with E-state index < -0.39 is 46.8 Å². The van der Waals surface area contributed by atoms with Crippen LogP contribution in [0.1, 0.15) is 64.9 Å². The Kier molecular flexibility index (Phi) is 13.0. The number of piperidine rings is 3. The molecule has 12 nitrogen and oxygen atoms in total. The molecule has 2 bridgehead atoms. The van der Waals surface area contributed by atoms with Crippen molar-refractivity contribution in [3.8, 4) is 17.2 Å². The van der Waals surface area contributed by atoms with Gasteiger partial charge in [0.2, 0.25) is 10.0 Å². The molecule has 4 aliphatic rings. The molecule has 4 fully saturated rings. The van der Waals surface area contributed by atoms with E-state index in [4.69, 9.17) is 46.9 Å². The zero-order chi connectivity index (χ0) is 41.0. The van der Waals surface area contributed by atoms with E-state index in [1.807, 2.05) is 0 Å². The average molecular weight is 862 g/mol. The molecule has 308 valence electrons. The molecule has 3 aliphatic heterocycles. The zero-order valence-corrected chi connectivity index (χ0v) is 33.7. The van der Waals surface area contributed by atoms with Crippen LogP contribution in [0.4, 0.5) is 8.78 Å². The Morgan fingerprint density at radius 1 is 0.931 bits per heavy atom. The molecule has 0 amide bonds. The van der Waals surface area contributed by atoms with Crippen molar-refractivity contribution in [3.63, 3.8) is 0 Å². The molecule has 4 aromatic rings. The van der Waals surface area contributed by atoms with Crippen LogP contribution in [-0.2, 0) is 30.7 Å². The van der Waals surface area contributed by atoms with Gasteiger partial charge in [-0.1, -0.05) is 53.5 Å². The van der Waals surface area contributed by atoms with Crippen LogP contribution in [-0.4, -0.2) is 71.3 Å². The Labute approximate surface area is 344 Å². The molecular weight excluding hydrogens is 819 g/mol. The van der Waals surface area contributed by atoms with Gasteiger partial charge in [-0.3, -0.25) is 4.90 Å². The number of alkyl halides is 2. The van der Waals surface area contributed by atoms with E-state index in [0.717, 1.165) is 44.8 Å². The second-order valence-electron chi connectivity index (χ2n) is 14.5. The van der Waals surface area contributed by atoms with Gasteiger partial charge >= 0.3 is 18.6 Å². The fourth-order valence-corrected chi connectivity index (χ4v) is 8.96. The van der Waals surface area contributed by atoms with Crippen LogP contribution >= 0.6 is 23.2 Å². The lowest BCUT2D eigenvalue weighted by Gasteiger charge is -2.44. The number of H-pyrrole nitrogens is 1. The molecule has 8 rings (SSSR count). The first-order valence-electron chi connectivity index (χ1n) is 18.8. The molecule has 3 aromatic carbocycles. The lowest BCUT2D eigenvalue weighted by molar-refractivity contribution is -0.377. The summed E-state index contributed by atoms with van der Waals surface area (Å²) in [5, 5.41) is 0.486. The Balaban J connectivity index is 1.16. The first-order chi connectivity index (χ1) is 27.9. The highest BCUT2D eigenvalue weighted by Crippen LogP contribution is 2.39. The van der Waals surface area contributed by atoms with E-state index in [2.05, 4.69) is 14.6 Å². The molecule has 1 aliphatic carbocycles. The van der Waals surface area contributed by atoms with Gasteiger partial charge in [-0.15, -0.1) is 0 Å². The van der Waals surface area contributed by atoms with Crippen molar-refractivity contribution in [3.05, 3.63) is 111 Å². The number of aromatic nitrogens is 1. The second-order valence-corrected chi connectivity index (χ2v) is 17.0. The van der Waals surface area contributed by atoms with Gasteiger partial charge in [0.05, 0.1) is 24.2 Å². The third-order valence-electron chi connectivity index (χ3n) is 10.6. The maximum Gasteiger partial charge on any atom is 0.387 e. The second kappa shape index (κ2) is 18.2. The predicted molar refractivity (Wildman–Crippen MR) is 208 cm³/mol. The molecule has 1 aromatic heterocycles. The number of pyridine rings is 1. The van der Waals surface area contributed by atoms with E-state index in [1.165, 1.54) is 55.9 Å². The average Bonchev–Trinajstić information content (AvgIpc) is 4.05. The van der Waals surface area contributed by atoms with Crippen molar-refractivity contribution in [2.24, 2.45) is 11.8 Å². The van der Waals surface area contributed by atoms with Crippen LogP contribution in [0, 0.1) is 11.8 Å². The van der Waals surface area contributed by atoms with Crippen molar-refractivity contribution in [2.75, 3.05) is 33.4 Å². The first kappa shape index (κ1) is 41.6. The number of rotatable bonds is 17. The van der Waals surface area contributed by atoms with Gasteiger partial charge in [-0.05, 0) is 92.6 Å². The SMILES string of the molecule is COc1ccccc1C(NS(=O)(=O)c1cccc(C(=O)O[C@@H](Cc2c(Cl)c[nH+]cc2Cl)c2ccc(OC(F)F)c(OCC3CC3)c2)c1)C(=O)O[C@H]1CN2CCC1CC2. The van der Waals surface area contributed by atoms with E-state index in [-0.39, 0.29) is 68.2 Å². The number of esters is 2.